The molecule has 4 heteroatoms. The van der Waals surface area contributed by atoms with Crippen LogP contribution in [0.1, 0.15) is 57.6 Å². The zero-order chi connectivity index (χ0) is 21.6. The summed E-state index contributed by atoms with van der Waals surface area (Å²) in [7, 11) is 1.74. The van der Waals surface area contributed by atoms with Gasteiger partial charge in [0.25, 0.3) is 0 Å². The lowest BCUT2D eigenvalue weighted by molar-refractivity contribution is -0.130. The fraction of sp³-hybridized carbons (Fsp3) is 0.500. The predicted molar refractivity (Wildman–Crippen MR) is 121 cm³/mol. The van der Waals surface area contributed by atoms with E-state index in [0.29, 0.717) is 13.1 Å². The number of benzene rings is 2. The van der Waals surface area contributed by atoms with Gasteiger partial charge in [-0.1, -0.05) is 55.5 Å². The number of nitrogens with zero attached hydrogens (tertiary/aromatic N) is 1. The average molecular weight is 410 g/mol. The van der Waals surface area contributed by atoms with Gasteiger partial charge in [-0.3, -0.25) is 4.79 Å². The summed E-state index contributed by atoms with van der Waals surface area (Å²) in [6.45, 7) is 8.14. The number of methoxy groups -OCH3 is 1. The molecule has 0 unspecified atom stereocenters. The average Bonchev–Trinajstić information content (AvgIpc) is 2.77. The molecule has 30 heavy (non-hydrogen) atoms. The van der Waals surface area contributed by atoms with Gasteiger partial charge in [0.05, 0.1) is 12.7 Å². The van der Waals surface area contributed by atoms with Gasteiger partial charge in [0.1, 0.15) is 5.75 Å². The molecule has 1 heterocycles. The van der Waals surface area contributed by atoms with Crippen molar-refractivity contribution in [3.05, 3.63) is 65.7 Å². The first kappa shape index (κ1) is 22.4. The van der Waals surface area contributed by atoms with E-state index in [0.717, 1.165) is 43.6 Å². The highest BCUT2D eigenvalue weighted by atomic mass is 16.5. The molecule has 1 fully saturated rings. The molecule has 4 nitrogen and oxygen atoms in total. The molecule has 0 radical (unpaired) electrons. The Bertz CT molecular complexity index is 837. The molecule has 0 bridgehead atoms. The van der Waals surface area contributed by atoms with Gasteiger partial charge in [-0.05, 0) is 44.2 Å². The van der Waals surface area contributed by atoms with Crippen molar-refractivity contribution in [2.45, 2.75) is 64.0 Å². The second-order valence-corrected chi connectivity index (χ2v) is 8.74. The molecule has 0 aromatic heterocycles. The largest absolute Gasteiger partial charge is 0.496 e. The first-order valence-electron chi connectivity index (χ1n) is 11.0. The van der Waals surface area contributed by atoms with E-state index in [4.69, 9.17) is 9.47 Å². The lowest BCUT2D eigenvalue weighted by Crippen LogP contribution is -2.47. The van der Waals surface area contributed by atoms with Crippen LogP contribution in [0.25, 0.3) is 0 Å². The number of hydrogen-bond donors (Lipinski definition) is 0. The minimum Gasteiger partial charge on any atom is -0.496 e. The summed E-state index contributed by atoms with van der Waals surface area (Å²) in [5.41, 5.74) is 2.14. The minimum atomic E-state index is -0.167. The van der Waals surface area contributed by atoms with E-state index in [-0.39, 0.29) is 16.9 Å². The Morgan fingerprint density at radius 2 is 1.83 bits per heavy atom. The van der Waals surface area contributed by atoms with Gasteiger partial charge in [0.15, 0.2) is 0 Å². The van der Waals surface area contributed by atoms with Crippen LogP contribution >= 0.6 is 0 Å². The lowest BCUT2D eigenvalue weighted by atomic mass is 9.66. The smallest absolute Gasteiger partial charge is 0.219 e. The monoisotopic (exact) mass is 409 g/mol. The normalized spacial score (nSPS) is 23.7. The van der Waals surface area contributed by atoms with E-state index in [1.165, 1.54) is 5.56 Å². The van der Waals surface area contributed by atoms with Gasteiger partial charge >= 0.3 is 0 Å². The van der Waals surface area contributed by atoms with Crippen LogP contribution in [0, 0.1) is 0 Å². The predicted octanol–water partition coefficient (Wildman–Crippen LogP) is 5.35. The molecule has 1 saturated heterocycles. The Morgan fingerprint density at radius 1 is 1.13 bits per heavy atom. The highest BCUT2D eigenvalue weighted by Crippen LogP contribution is 2.48. The van der Waals surface area contributed by atoms with Gasteiger partial charge in [0.2, 0.25) is 5.91 Å². The van der Waals surface area contributed by atoms with Gasteiger partial charge in [-0.2, -0.15) is 0 Å². The number of hydrogen-bond acceptors (Lipinski definition) is 3. The van der Waals surface area contributed by atoms with Gasteiger partial charge in [-0.15, -0.1) is 0 Å². The summed E-state index contributed by atoms with van der Waals surface area (Å²) < 4.78 is 11.9. The van der Waals surface area contributed by atoms with Crippen molar-refractivity contribution in [2.75, 3.05) is 20.3 Å². The van der Waals surface area contributed by atoms with Crippen molar-refractivity contribution in [1.29, 1.82) is 0 Å². The molecule has 2 aromatic carbocycles. The van der Waals surface area contributed by atoms with Crippen molar-refractivity contribution in [3.63, 3.8) is 0 Å². The summed E-state index contributed by atoms with van der Waals surface area (Å²) in [5, 5.41) is 0. The maximum absolute atomic E-state index is 12.4. The Balaban J connectivity index is 1.89. The molecule has 2 aromatic rings. The van der Waals surface area contributed by atoms with Crippen LogP contribution in [0.5, 0.6) is 5.75 Å². The third-order valence-corrected chi connectivity index (χ3v) is 6.69. The third kappa shape index (κ3) is 5.04. The Morgan fingerprint density at radius 3 is 2.50 bits per heavy atom. The zero-order valence-corrected chi connectivity index (χ0v) is 18.8. The standard InChI is InChI=1S/C26H35NO3/c1-5-25(3)20-26(16-18-30-25,23-13-9-10-14-24(23)29-4)15-17-27(21(2)28)19-22-11-7-6-8-12-22/h6-14H,5,15-20H2,1-4H3/t25-,26+/m1/s1. The van der Waals surface area contributed by atoms with E-state index in [2.05, 4.69) is 38.1 Å². The summed E-state index contributed by atoms with van der Waals surface area (Å²) in [4.78, 5) is 14.4. The van der Waals surface area contributed by atoms with E-state index < -0.39 is 0 Å². The minimum absolute atomic E-state index is 0.0833. The molecule has 2 atom stereocenters. The molecule has 0 N–H and O–H groups in total. The number of ether oxygens (including phenoxy) is 2. The molecule has 0 aliphatic carbocycles. The first-order chi connectivity index (χ1) is 14.4. The van der Waals surface area contributed by atoms with Crippen molar-refractivity contribution in [2.24, 2.45) is 0 Å². The maximum atomic E-state index is 12.4. The van der Waals surface area contributed by atoms with Crippen molar-refractivity contribution in [1.82, 2.24) is 4.90 Å². The molecular formula is C26H35NO3. The molecule has 0 saturated carbocycles. The highest BCUT2D eigenvalue weighted by molar-refractivity contribution is 5.73. The van der Waals surface area contributed by atoms with Crippen LogP contribution in [-0.2, 0) is 21.5 Å². The fourth-order valence-electron chi connectivity index (χ4n) is 4.74. The highest BCUT2D eigenvalue weighted by Gasteiger charge is 2.44. The van der Waals surface area contributed by atoms with Crippen molar-refractivity contribution >= 4 is 5.91 Å². The summed E-state index contributed by atoms with van der Waals surface area (Å²) in [5.74, 6) is 1.04. The first-order valence-corrected chi connectivity index (χ1v) is 11.0. The molecule has 162 valence electrons. The van der Waals surface area contributed by atoms with E-state index in [1.807, 2.05) is 35.2 Å². The summed E-state index contributed by atoms with van der Waals surface area (Å²) in [6, 6.07) is 18.5. The topological polar surface area (TPSA) is 38.8 Å². The van der Waals surface area contributed by atoms with Gasteiger partial charge in [0, 0.05) is 37.6 Å². The van der Waals surface area contributed by atoms with Gasteiger partial charge < -0.3 is 14.4 Å². The zero-order valence-electron chi connectivity index (χ0n) is 18.8. The SMILES string of the molecule is CC[C@]1(C)C[C@@](CCN(Cc2ccccc2)C(C)=O)(c2ccccc2OC)CCO1. The van der Waals surface area contributed by atoms with Crippen LogP contribution in [0.4, 0.5) is 0 Å². The van der Waals surface area contributed by atoms with Crippen LogP contribution in [0.2, 0.25) is 0 Å². The van der Waals surface area contributed by atoms with E-state index in [1.54, 1.807) is 14.0 Å². The van der Waals surface area contributed by atoms with Crippen molar-refractivity contribution < 1.29 is 14.3 Å². The van der Waals surface area contributed by atoms with Crippen LogP contribution < -0.4 is 4.74 Å². The molecule has 1 amide bonds. The third-order valence-electron chi connectivity index (χ3n) is 6.69. The van der Waals surface area contributed by atoms with E-state index >= 15 is 0 Å². The maximum Gasteiger partial charge on any atom is 0.219 e. The Hall–Kier alpha value is -2.33. The molecule has 1 aliphatic rings. The van der Waals surface area contributed by atoms with Gasteiger partial charge in [-0.25, -0.2) is 0 Å². The Kier molecular flexibility index (Phi) is 7.19. The van der Waals surface area contributed by atoms with Crippen LogP contribution in [0.15, 0.2) is 54.6 Å². The van der Waals surface area contributed by atoms with Crippen LogP contribution in [0.3, 0.4) is 0 Å². The fourth-order valence-corrected chi connectivity index (χ4v) is 4.74. The molecule has 3 rings (SSSR count). The van der Waals surface area contributed by atoms with Crippen molar-refractivity contribution in [3.8, 4) is 5.75 Å². The Labute approximate surface area is 181 Å². The lowest BCUT2D eigenvalue weighted by Gasteiger charge is -2.47. The number of carbonyl (C=O) groups excluding carboxylic acids is 1. The van der Waals surface area contributed by atoms with E-state index in [9.17, 15) is 4.79 Å². The summed E-state index contributed by atoms with van der Waals surface area (Å²) >= 11 is 0. The molecular weight excluding hydrogens is 374 g/mol. The second kappa shape index (κ2) is 9.65. The number of rotatable bonds is 8. The summed E-state index contributed by atoms with van der Waals surface area (Å²) in [6.07, 6.45) is 3.71. The number of amides is 1. The molecule has 0 spiro atoms. The molecule has 1 aliphatic heterocycles. The number of para-hydroxylation sites is 1. The van der Waals surface area contributed by atoms with Crippen LogP contribution in [-0.4, -0.2) is 36.7 Å². The quantitative estimate of drug-likeness (QED) is 0.590. The number of carbonyl (C=O) groups is 1. The second-order valence-electron chi connectivity index (χ2n) is 8.74.